The predicted molar refractivity (Wildman–Crippen MR) is 78.0 cm³/mol. The molecule has 1 unspecified atom stereocenters. The van der Waals surface area contributed by atoms with Gasteiger partial charge in [0.25, 0.3) is 0 Å². The molecule has 0 aromatic carbocycles. The van der Waals surface area contributed by atoms with E-state index in [1.54, 1.807) is 7.11 Å². The summed E-state index contributed by atoms with van der Waals surface area (Å²) in [7, 11) is 1.64. The highest BCUT2D eigenvalue weighted by Gasteiger charge is 2.41. The van der Waals surface area contributed by atoms with Gasteiger partial charge < -0.3 is 20.5 Å². The standard InChI is InChI=1S/C13H24N2O3S/c1-4-13(5-2,10(14)19)11(16)15-8-12(17-3)6-7-18-9-12/h4-9H2,1-3H3,(H2,14,19)(H,15,16). The molecule has 19 heavy (non-hydrogen) atoms. The SMILES string of the molecule is CCC(CC)(C(=O)NCC1(OC)CCOC1)C(N)=S. The zero-order valence-electron chi connectivity index (χ0n) is 12.0. The first kappa shape index (κ1) is 16.3. The molecule has 1 saturated heterocycles. The molecular formula is C13H24N2O3S. The van der Waals surface area contributed by atoms with Crippen molar-refractivity contribution in [1.29, 1.82) is 0 Å². The minimum atomic E-state index is -0.760. The Labute approximate surface area is 120 Å². The number of amides is 1. The van der Waals surface area contributed by atoms with Gasteiger partial charge in [0.1, 0.15) is 5.60 Å². The molecule has 0 aromatic rings. The van der Waals surface area contributed by atoms with Crippen LogP contribution in [-0.4, -0.2) is 43.4 Å². The third kappa shape index (κ3) is 3.24. The lowest BCUT2D eigenvalue weighted by Crippen LogP contribution is -2.53. The minimum absolute atomic E-state index is 0.117. The lowest BCUT2D eigenvalue weighted by Gasteiger charge is -2.32. The topological polar surface area (TPSA) is 73.6 Å². The summed E-state index contributed by atoms with van der Waals surface area (Å²) in [6.07, 6.45) is 1.98. The van der Waals surface area contributed by atoms with Gasteiger partial charge in [-0.05, 0) is 12.8 Å². The fourth-order valence-corrected chi connectivity index (χ4v) is 2.78. The highest BCUT2D eigenvalue weighted by atomic mass is 32.1. The molecule has 0 aromatic heterocycles. The van der Waals surface area contributed by atoms with E-state index in [0.717, 1.165) is 6.42 Å². The van der Waals surface area contributed by atoms with Crippen LogP contribution in [0, 0.1) is 5.41 Å². The van der Waals surface area contributed by atoms with E-state index in [1.165, 1.54) is 0 Å². The van der Waals surface area contributed by atoms with Gasteiger partial charge in [-0.1, -0.05) is 26.1 Å². The number of ether oxygens (including phenoxy) is 2. The van der Waals surface area contributed by atoms with E-state index in [4.69, 9.17) is 27.4 Å². The molecule has 1 fully saturated rings. The molecule has 1 rings (SSSR count). The van der Waals surface area contributed by atoms with Crippen LogP contribution < -0.4 is 11.1 Å². The largest absolute Gasteiger partial charge is 0.392 e. The van der Waals surface area contributed by atoms with E-state index in [1.807, 2.05) is 13.8 Å². The number of rotatable bonds is 7. The van der Waals surface area contributed by atoms with Crippen LogP contribution in [0.2, 0.25) is 0 Å². The number of hydrogen-bond donors (Lipinski definition) is 2. The van der Waals surface area contributed by atoms with Crippen molar-refractivity contribution < 1.29 is 14.3 Å². The predicted octanol–water partition coefficient (Wildman–Crippen LogP) is 1.00. The van der Waals surface area contributed by atoms with Crippen LogP contribution in [0.5, 0.6) is 0 Å². The molecule has 1 atom stereocenters. The number of methoxy groups -OCH3 is 1. The summed E-state index contributed by atoms with van der Waals surface area (Å²) < 4.78 is 10.8. The Morgan fingerprint density at radius 2 is 2.16 bits per heavy atom. The van der Waals surface area contributed by atoms with Gasteiger partial charge in [-0.15, -0.1) is 0 Å². The van der Waals surface area contributed by atoms with Crippen molar-refractivity contribution in [2.24, 2.45) is 11.1 Å². The van der Waals surface area contributed by atoms with Gasteiger partial charge in [-0.2, -0.15) is 0 Å². The fraction of sp³-hybridized carbons (Fsp3) is 0.846. The zero-order chi connectivity index (χ0) is 14.5. The maximum atomic E-state index is 12.4. The first-order valence-corrected chi connectivity index (χ1v) is 7.08. The van der Waals surface area contributed by atoms with Gasteiger partial charge in [0.2, 0.25) is 5.91 Å². The van der Waals surface area contributed by atoms with Crippen molar-refractivity contribution in [2.75, 3.05) is 26.9 Å². The normalized spacial score (nSPS) is 23.3. The van der Waals surface area contributed by atoms with Crippen LogP contribution in [0.25, 0.3) is 0 Å². The van der Waals surface area contributed by atoms with Gasteiger partial charge in [-0.25, -0.2) is 0 Å². The summed E-state index contributed by atoms with van der Waals surface area (Å²) in [4.78, 5) is 12.7. The molecular weight excluding hydrogens is 264 g/mol. The second kappa shape index (κ2) is 6.63. The average molecular weight is 288 g/mol. The molecule has 1 amide bonds. The van der Waals surface area contributed by atoms with Gasteiger partial charge in [-0.3, -0.25) is 4.79 Å². The number of nitrogens with one attached hydrogen (secondary N) is 1. The lowest BCUT2D eigenvalue weighted by molar-refractivity contribution is -0.129. The first-order valence-electron chi connectivity index (χ1n) is 6.67. The van der Waals surface area contributed by atoms with Crippen LogP contribution in [0.4, 0.5) is 0 Å². The van der Waals surface area contributed by atoms with Gasteiger partial charge in [0.15, 0.2) is 0 Å². The molecule has 3 N–H and O–H groups in total. The van der Waals surface area contributed by atoms with Crippen LogP contribution >= 0.6 is 12.2 Å². The Morgan fingerprint density at radius 1 is 1.53 bits per heavy atom. The number of carbonyl (C=O) groups is 1. The molecule has 0 saturated carbocycles. The monoisotopic (exact) mass is 288 g/mol. The number of nitrogens with two attached hydrogens (primary N) is 1. The summed E-state index contributed by atoms with van der Waals surface area (Å²) in [5, 5.41) is 2.93. The van der Waals surface area contributed by atoms with Crippen LogP contribution in [0.3, 0.4) is 0 Å². The summed E-state index contributed by atoms with van der Waals surface area (Å²) in [6.45, 7) is 5.43. The van der Waals surface area contributed by atoms with Crippen molar-refractivity contribution in [3.8, 4) is 0 Å². The molecule has 0 spiro atoms. The van der Waals surface area contributed by atoms with Crippen molar-refractivity contribution in [1.82, 2.24) is 5.32 Å². The summed E-state index contributed by atoms with van der Waals surface area (Å²) in [5.74, 6) is -0.117. The Kier molecular flexibility index (Phi) is 5.70. The number of hydrogen-bond acceptors (Lipinski definition) is 4. The maximum Gasteiger partial charge on any atom is 0.233 e. The van der Waals surface area contributed by atoms with E-state index in [0.29, 0.717) is 32.6 Å². The molecule has 110 valence electrons. The highest BCUT2D eigenvalue weighted by molar-refractivity contribution is 7.80. The Balaban J connectivity index is 2.70. The Bertz CT molecular complexity index is 337. The van der Waals surface area contributed by atoms with Gasteiger partial charge in [0, 0.05) is 26.7 Å². The van der Waals surface area contributed by atoms with E-state index < -0.39 is 11.0 Å². The van der Waals surface area contributed by atoms with Gasteiger partial charge >= 0.3 is 0 Å². The second-order valence-corrected chi connectivity index (χ2v) is 5.47. The summed E-state index contributed by atoms with van der Waals surface area (Å²) >= 11 is 5.07. The molecule has 0 bridgehead atoms. The highest BCUT2D eigenvalue weighted by Crippen LogP contribution is 2.28. The lowest BCUT2D eigenvalue weighted by atomic mass is 9.81. The number of thiocarbonyl (C=S) groups is 1. The number of carbonyl (C=O) groups excluding carboxylic acids is 1. The minimum Gasteiger partial charge on any atom is -0.392 e. The van der Waals surface area contributed by atoms with Crippen LogP contribution in [-0.2, 0) is 14.3 Å². The van der Waals surface area contributed by atoms with Crippen molar-refractivity contribution in [3.63, 3.8) is 0 Å². The molecule has 1 heterocycles. The molecule has 1 aliphatic rings. The van der Waals surface area contributed by atoms with Crippen molar-refractivity contribution in [3.05, 3.63) is 0 Å². The zero-order valence-corrected chi connectivity index (χ0v) is 12.8. The first-order chi connectivity index (χ1) is 8.96. The third-order valence-electron chi connectivity index (χ3n) is 4.18. The Morgan fingerprint density at radius 3 is 2.53 bits per heavy atom. The quantitative estimate of drug-likeness (QED) is 0.684. The van der Waals surface area contributed by atoms with Crippen LogP contribution in [0.1, 0.15) is 33.1 Å². The van der Waals surface area contributed by atoms with Gasteiger partial charge in [0.05, 0.1) is 17.0 Å². The second-order valence-electron chi connectivity index (χ2n) is 5.03. The fourth-order valence-electron chi connectivity index (χ4n) is 2.40. The molecule has 1 aliphatic heterocycles. The molecule has 5 nitrogen and oxygen atoms in total. The average Bonchev–Trinajstić information content (AvgIpc) is 2.87. The molecule has 0 radical (unpaired) electrons. The van der Waals surface area contributed by atoms with E-state index >= 15 is 0 Å². The van der Waals surface area contributed by atoms with E-state index in [2.05, 4.69) is 5.32 Å². The molecule has 6 heteroatoms. The summed E-state index contributed by atoms with van der Waals surface area (Å²) in [5.41, 5.74) is 4.58. The Hall–Kier alpha value is -0.720. The van der Waals surface area contributed by atoms with Crippen molar-refractivity contribution in [2.45, 2.75) is 38.7 Å². The van der Waals surface area contributed by atoms with Crippen LogP contribution in [0.15, 0.2) is 0 Å². The van der Waals surface area contributed by atoms with E-state index in [-0.39, 0.29) is 10.9 Å². The summed E-state index contributed by atoms with van der Waals surface area (Å²) in [6, 6.07) is 0. The third-order valence-corrected chi connectivity index (χ3v) is 4.58. The van der Waals surface area contributed by atoms with Crippen molar-refractivity contribution >= 4 is 23.1 Å². The van der Waals surface area contributed by atoms with E-state index in [9.17, 15) is 4.79 Å². The molecule has 0 aliphatic carbocycles. The maximum absolute atomic E-state index is 12.4. The smallest absolute Gasteiger partial charge is 0.233 e.